The number of ether oxygens (including phenoxy) is 4. The minimum atomic E-state index is -0.652. The fourth-order valence-electron chi connectivity index (χ4n) is 2.47. The fourth-order valence-corrected chi connectivity index (χ4v) is 2.71. The number of rotatable bonds is 8. The average Bonchev–Trinajstić information content (AvgIpc) is 2.72. The third-order valence-corrected chi connectivity index (χ3v) is 4.78. The summed E-state index contributed by atoms with van der Waals surface area (Å²) in [7, 11) is 4.52. The van der Waals surface area contributed by atoms with Gasteiger partial charge >= 0.3 is 5.97 Å². The van der Waals surface area contributed by atoms with Crippen LogP contribution in [-0.2, 0) is 14.3 Å². The minimum absolute atomic E-state index is 0.395. The van der Waals surface area contributed by atoms with Crippen LogP contribution in [0.1, 0.15) is 11.1 Å². The number of hydrogen-bond acceptors (Lipinski definition) is 6. The van der Waals surface area contributed by atoms with Gasteiger partial charge in [-0.1, -0.05) is 15.9 Å². The zero-order chi connectivity index (χ0) is 21.4. The Bertz CT molecular complexity index is 900. The Balaban J connectivity index is 1.95. The molecule has 8 heteroatoms. The van der Waals surface area contributed by atoms with Gasteiger partial charge in [0, 0.05) is 16.2 Å². The molecule has 0 aromatic heterocycles. The number of carbonyl (C=O) groups excluding carboxylic acids is 2. The molecule has 0 aliphatic carbocycles. The van der Waals surface area contributed by atoms with Crippen molar-refractivity contribution < 1.29 is 28.5 Å². The number of halogens is 1. The van der Waals surface area contributed by atoms with Crippen LogP contribution in [0.3, 0.4) is 0 Å². The van der Waals surface area contributed by atoms with E-state index in [4.69, 9.17) is 18.9 Å². The van der Waals surface area contributed by atoms with Crippen molar-refractivity contribution in [1.82, 2.24) is 0 Å². The van der Waals surface area contributed by atoms with Crippen molar-refractivity contribution in [1.29, 1.82) is 0 Å². The molecule has 0 atom stereocenters. The summed E-state index contributed by atoms with van der Waals surface area (Å²) in [5.41, 5.74) is 2.25. The second kappa shape index (κ2) is 10.5. The maximum Gasteiger partial charge on any atom is 0.331 e. The van der Waals surface area contributed by atoms with Crippen LogP contribution < -0.4 is 19.5 Å². The molecule has 1 amide bonds. The lowest BCUT2D eigenvalue weighted by Gasteiger charge is -2.12. The van der Waals surface area contributed by atoms with Crippen LogP contribution >= 0.6 is 15.9 Å². The summed E-state index contributed by atoms with van der Waals surface area (Å²) in [6.45, 7) is 1.52. The zero-order valence-corrected chi connectivity index (χ0v) is 18.2. The van der Waals surface area contributed by atoms with E-state index in [0.29, 0.717) is 28.5 Å². The predicted molar refractivity (Wildman–Crippen MR) is 114 cm³/mol. The van der Waals surface area contributed by atoms with E-state index in [-0.39, 0.29) is 0 Å². The SMILES string of the molecule is COc1cc(C=CC(=O)OCC(=O)Nc2ccc(Br)c(C)c2)cc(OC)c1OC. The summed E-state index contributed by atoms with van der Waals surface area (Å²) >= 11 is 3.40. The number of benzene rings is 2. The highest BCUT2D eigenvalue weighted by Gasteiger charge is 2.12. The van der Waals surface area contributed by atoms with Crippen LogP contribution in [0.2, 0.25) is 0 Å². The first-order chi connectivity index (χ1) is 13.9. The standard InChI is InChI=1S/C21H22BrNO6/c1-13-9-15(6-7-16(13)22)23-19(24)12-29-20(25)8-5-14-10-17(26-2)21(28-4)18(11-14)27-3/h5-11H,12H2,1-4H3,(H,23,24). The Morgan fingerprint density at radius 2 is 1.69 bits per heavy atom. The van der Waals surface area contributed by atoms with Crippen LogP contribution in [-0.4, -0.2) is 39.8 Å². The van der Waals surface area contributed by atoms with E-state index in [1.165, 1.54) is 33.5 Å². The Kier molecular flexibility index (Phi) is 8.09. The number of esters is 1. The first kappa shape index (κ1) is 22.3. The molecule has 0 saturated heterocycles. The molecule has 0 fully saturated rings. The monoisotopic (exact) mass is 463 g/mol. The Morgan fingerprint density at radius 1 is 1.03 bits per heavy atom. The quantitative estimate of drug-likeness (QED) is 0.470. The van der Waals surface area contributed by atoms with E-state index in [1.807, 2.05) is 19.1 Å². The fraction of sp³-hybridized carbons (Fsp3) is 0.238. The summed E-state index contributed by atoms with van der Waals surface area (Å²) in [5, 5.41) is 2.67. The van der Waals surface area contributed by atoms with Crippen molar-refractivity contribution in [3.8, 4) is 17.2 Å². The second-order valence-corrected chi connectivity index (χ2v) is 6.77. The molecule has 0 spiro atoms. The molecule has 7 nitrogen and oxygen atoms in total. The van der Waals surface area contributed by atoms with Gasteiger partial charge in [0.25, 0.3) is 5.91 Å². The molecule has 0 radical (unpaired) electrons. The molecular formula is C21H22BrNO6. The Labute approximate surface area is 177 Å². The molecule has 2 rings (SSSR count). The van der Waals surface area contributed by atoms with Gasteiger partial charge in [0.15, 0.2) is 18.1 Å². The molecule has 1 N–H and O–H groups in total. The summed E-state index contributed by atoms with van der Waals surface area (Å²) < 4.78 is 21.7. The van der Waals surface area contributed by atoms with E-state index in [2.05, 4.69) is 21.2 Å². The van der Waals surface area contributed by atoms with E-state index in [1.54, 1.807) is 18.2 Å². The number of methoxy groups -OCH3 is 3. The largest absolute Gasteiger partial charge is 0.493 e. The maximum absolute atomic E-state index is 12.0. The van der Waals surface area contributed by atoms with E-state index < -0.39 is 18.5 Å². The smallest absolute Gasteiger partial charge is 0.331 e. The van der Waals surface area contributed by atoms with Crippen molar-refractivity contribution in [2.75, 3.05) is 33.3 Å². The normalized spacial score (nSPS) is 10.5. The highest BCUT2D eigenvalue weighted by molar-refractivity contribution is 9.10. The molecule has 0 bridgehead atoms. The Hall–Kier alpha value is -3.00. The van der Waals surface area contributed by atoms with Crippen LogP contribution in [0.4, 0.5) is 5.69 Å². The summed E-state index contributed by atoms with van der Waals surface area (Å²) in [4.78, 5) is 23.9. The van der Waals surface area contributed by atoms with Gasteiger partial charge in [-0.3, -0.25) is 4.79 Å². The molecule has 154 valence electrons. The topological polar surface area (TPSA) is 83.1 Å². The molecular weight excluding hydrogens is 442 g/mol. The highest BCUT2D eigenvalue weighted by atomic mass is 79.9. The van der Waals surface area contributed by atoms with Crippen molar-refractivity contribution in [3.63, 3.8) is 0 Å². The van der Waals surface area contributed by atoms with E-state index in [0.717, 1.165) is 10.0 Å². The molecule has 29 heavy (non-hydrogen) atoms. The minimum Gasteiger partial charge on any atom is -0.493 e. The van der Waals surface area contributed by atoms with E-state index >= 15 is 0 Å². The molecule has 2 aromatic rings. The number of amides is 1. The molecule has 0 heterocycles. The van der Waals surface area contributed by atoms with Gasteiger partial charge in [0.2, 0.25) is 5.75 Å². The van der Waals surface area contributed by atoms with Gasteiger partial charge in [-0.25, -0.2) is 4.79 Å². The van der Waals surface area contributed by atoms with Crippen LogP contribution in [0.5, 0.6) is 17.2 Å². The lowest BCUT2D eigenvalue weighted by molar-refractivity contribution is -0.142. The van der Waals surface area contributed by atoms with Gasteiger partial charge in [-0.2, -0.15) is 0 Å². The number of anilines is 1. The van der Waals surface area contributed by atoms with Crippen molar-refractivity contribution in [3.05, 3.63) is 52.0 Å². The van der Waals surface area contributed by atoms with E-state index in [9.17, 15) is 9.59 Å². The first-order valence-corrected chi connectivity index (χ1v) is 9.38. The van der Waals surface area contributed by atoms with Crippen molar-refractivity contribution in [2.24, 2.45) is 0 Å². The average molecular weight is 464 g/mol. The van der Waals surface area contributed by atoms with Crippen LogP contribution in [0.15, 0.2) is 40.9 Å². The predicted octanol–water partition coefficient (Wildman–Crippen LogP) is 3.98. The lowest BCUT2D eigenvalue weighted by atomic mass is 10.1. The highest BCUT2D eigenvalue weighted by Crippen LogP contribution is 2.38. The second-order valence-electron chi connectivity index (χ2n) is 5.91. The first-order valence-electron chi connectivity index (χ1n) is 8.58. The van der Waals surface area contributed by atoms with Crippen molar-refractivity contribution >= 4 is 39.6 Å². The number of carbonyl (C=O) groups is 2. The summed E-state index contributed by atoms with van der Waals surface area (Å²) in [6, 6.07) is 8.77. The van der Waals surface area contributed by atoms with Gasteiger partial charge in [-0.15, -0.1) is 0 Å². The molecule has 0 unspecified atom stereocenters. The molecule has 0 saturated carbocycles. The van der Waals surface area contributed by atoms with Crippen LogP contribution in [0.25, 0.3) is 6.08 Å². The van der Waals surface area contributed by atoms with Gasteiger partial charge in [0.1, 0.15) is 0 Å². The third kappa shape index (κ3) is 6.25. The third-order valence-electron chi connectivity index (χ3n) is 3.89. The number of nitrogens with one attached hydrogen (secondary N) is 1. The number of aryl methyl sites for hydroxylation is 1. The summed E-state index contributed by atoms with van der Waals surface area (Å²) in [6.07, 6.45) is 2.75. The van der Waals surface area contributed by atoms with Gasteiger partial charge < -0.3 is 24.3 Å². The Morgan fingerprint density at radius 3 is 2.24 bits per heavy atom. The van der Waals surface area contributed by atoms with Crippen molar-refractivity contribution in [2.45, 2.75) is 6.92 Å². The van der Waals surface area contributed by atoms with Gasteiger partial charge in [0.05, 0.1) is 21.3 Å². The van der Waals surface area contributed by atoms with Crippen LogP contribution in [0, 0.1) is 6.92 Å². The maximum atomic E-state index is 12.0. The summed E-state index contributed by atoms with van der Waals surface area (Å²) in [5.74, 6) is 0.296. The number of hydrogen-bond donors (Lipinski definition) is 1. The zero-order valence-electron chi connectivity index (χ0n) is 16.6. The van der Waals surface area contributed by atoms with Gasteiger partial charge in [-0.05, 0) is 54.5 Å². The molecule has 2 aromatic carbocycles. The lowest BCUT2D eigenvalue weighted by Crippen LogP contribution is -2.20. The molecule has 0 aliphatic rings. The molecule has 0 aliphatic heterocycles.